The van der Waals surface area contributed by atoms with Crippen LogP contribution in [0.1, 0.15) is 17.5 Å². The van der Waals surface area contributed by atoms with Crippen molar-refractivity contribution in [3.63, 3.8) is 0 Å². The van der Waals surface area contributed by atoms with Crippen LogP contribution in [0.15, 0.2) is 48.5 Å². The molecular formula is C16H14O. The van der Waals surface area contributed by atoms with Gasteiger partial charge in [0, 0.05) is 12.0 Å². The fraction of sp³-hybridized carbons (Fsp3) is 0.250. The number of hydrogen-bond donors (Lipinski definition) is 1. The van der Waals surface area contributed by atoms with Gasteiger partial charge in [-0.05, 0) is 34.6 Å². The minimum Gasteiger partial charge on any atom is -0.396 e. The monoisotopic (exact) mass is 222 g/mol. The van der Waals surface area contributed by atoms with Crippen molar-refractivity contribution in [1.82, 2.24) is 0 Å². The molecule has 0 radical (unpaired) electrons. The van der Waals surface area contributed by atoms with E-state index in [-0.39, 0.29) is 5.41 Å². The summed E-state index contributed by atoms with van der Waals surface area (Å²) in [4.78, 5) is 0. The Hall–Kier alpha value is -1.60. The first kappa shape index (κ1) is 9.43. The van der Waals surface area contributed by atoms with Gasteiger partial charge in [-0.2, -0.15) is 0 Å². The topological polar surface area (TPSA) is 20.2 Å². The first-order valence-electron chi connectivity index (χ1n) is 6.18. The lowest BCUT2D eigenvalue weighted by atomic mass is 9.91. The van der Waals surface area contributed by atoms with Crippen LogP contribution in [0.25, 0.3) is 11.1 Å². The molecule has 2 aromatic carbocycles. The van der Waals surface area contributed by atoms with Crippen LogP contribution < -0.4 is 0 Å². The summed E-state index contributed by atoms with van der Waals surface area (Å²) in [6.07, 6.45) is 1.09. The van der Waals surface area contributed by atoms with Gasteiger partial charge in [0.25, 0.3) is 0 Å². The van der Waals surface area contributed by atoms with Gasteiger partial charge < -0.3 is 5.11 Å². The van der Waals surface area contributed by atoms with Gasteiger partial charge >= 0.3 is 0 Å². The highest BCUT2D eigenvalue weighted by atomic mass is 16.3. The number of rotatable bonds is 1. The number of fused-ring (bicyclic) bond motifs is 5. The third-order valence-electron chi connectivity index (χ3n) is 4.43. The van der Waals surface area contributed by atoms with Crippen LogP contribution in [0.5, 0.6) is 0 Å². The van der Waals surface area contributed by atoms with Crippen molar-refractivity contribution >= 4 is 0 Å². The van der Waals surface area contributed by atoms with Crippen molar-refractivity contribution in [3.05, 3.63) is 59.7 Å². The summed E-state index contributed by atoms with van der Waals surface area (Å²) in [5.41, 5.74) is 5.68. The molecule has 1 unspecified atom stereocenters. The van der Waals surface area contributed by atoms with Gasteiger partial charge in [-0.15, -0.1) is 0 Å². The Bertz CT molecular complexity index is 554. The standard InChI is InChI=1S/C16H14O/c17-10-11-9-16(11)14-7-3-1-5-12(14)13-6-2-4-8-15(13)16/h1-8,11,17H,9-10H2. The summed E-state index contributed by atoms with van der Waals surface area (Å²) in [6, 6.07) is 17.3. The van der Waals surface area contributed by atoms with Crippen LogP contribution in [-0.2, 0) is 5.41 Å². The second-order valence-electron chi connectivity index (χ2n) is 5.15. The van der Waals surface area contributed by atoms with Gasteiger partial charge in [0.05, 0.1) is 0 Å². The Morgan fingerprint density at radius 1 is 0.941 bits per heavy atom. The van der Waals surface area contributed by atoms with Crippen LogP contribution in [0, 0.1) is 5.92 Å². The Labute approximate surface area is 101 Å². The zero-order valence-corrected chi connectivity index (χ0v) is 9.56. The molecule has 2 aromatic rings. The summed E-state index contributed by atoms with van der Waals surface area (Å²) in [7, 11) is 0. The van der Waals surface area contributed by atoms with Gasteiger partial charge in [-0.1, -0.05) is 48.5 Å². The average molecular weight is 222 g/mol. The Morgan fingerprint density at radius 3 is 1.94 bits per heavy atom. The van der Waals surface area contributed by atoms with Crippen molar-refractivity contribution in [3.8, 4) is 11.1 Å². The Morgan fingerprint density at radius 2 is 1.47 bits per heavy atom. The third kappa shape index (κ3) is 0.985. The van der Waals surface area contributed by atoms with Gasteiger partial charge in [0.1, 0.15) is 0 Å². The molecule has 1 fully saturated rings. The normalized spacial score (nSPS) is 22.3. The SMILES string of the molecule is OCC1CC12c1ccccc1-c1ccccc12. The first-order valence-corrected chi connectivity index (χ1v) is 6.18. The molecule has 2 aliphatic carbocycles. The molecule has 2 aliphatic rings. The molecular weight excluding hydrogens is 208 g/mol. The number of hydrogen-bond acceptors (Lipinski definition) is 1. The second-order valence-corrected chi connectivity index (χ2v) is 5.15. The average Bonchev–Trinajstić information content (AvgIpc) is 3.07. The van der Waals surface area contributed by atoms with Crippen molar-refractivity contribution < 1.29 is 5.11 Å². The number of aliphatic hydroxyl groups excluding tert-OH is 1. The largest absolute Gasteiger partial charge is 0.396 e. The van der Waals surface area contributed by atoms with Crippen molar-refractivity contribution in [2.45, 2.75) is 11.8 Å². The maximum absolute atomic E-state index is 9.48. The van der Waals surface area contributed by atoms with E-state index in [4.69, 9.17) is 0 Å². The van der Waals surface area contributed by atoms with E-state index in [0.717, 1.165) is 6.42 Å². The highest BCUT2D eigenvalue weighted by Crippen LogP contribution is 2.65. The molecule has 0 amide bonds. The molecule has 0 saturated heterocycles. The summed E-state index contributed by atoms with van der Waals surface area (Å²) in [6.45, 7) is 0.294. The molecule has 0 aliphatic heterocycles. The molecule has 84 valence electrons. The van der Waals surface area contributed by atoms with E-state index < -0.39 is 0 Å². The van der Waals surface area contributed by atoms with E-state index in [1.807, 2.05) is 0 Å². The van der Waals surface area contributed by atoms with Crippen LogP contribution in [0.4, 0.5) is 0 Å². The molecule has 1 heteroatoms. The summed E-state index contributed by atoms with van der Waals surface area (Å²) < 4.78 is 0. The third-order valence-corrected chi connectivity index (χ3v) is 4.43. The van der Waals surface area contributed by atoms with Crippen LogP contribution in [-0.4, -0.2) is 11.7 Å². The lowest BCUT2D eigenvalue weighted by Crippen LogP contribution is -2.09. The number of aliphatic hydroxyl groups is 1. The highest BCUT2D eigenvalue weighted by molar-refractivity contribution is 5.83. The molecule has 0 bridgehead atoms. The molecule has 1 spiro atoms. The van der Waals surface area contributed by atoms with E-state index in [9.17, 15) is 5.11 Å². The lowest BCUT2D eigenvalue weighted by Gasteiger charge is -2.12. The van der Waals surface area contributed by atoms with Crippen LogP contribution >= 0.6 is 0 Å². The molecule has 4 rings (SSSR count). The van der Waals surface area contributed by atoms with Gasteiger partial charge in [0.15, 0.2) is 0 Å². The Kier molecular flexibility index (Phi) is 1.66. The van der Waals surface area contributed by atoms with Gasteiger partial charge in [-0.3, -0.25) is 0 Å². The molecule has 1 atom stereocenters. The molecule has 17 heavy (non-hydrogen) atoms. The fourth-order valence-electron chi connectivity index (χ4n) is 3.57. The van der Waals surface area contributed by atoms with Crippen LogP contribution in [0.2, 0.25) is 0 Å². The second kappa shape index (κ2) is 2.99. The maximum atomic E-state index is 9.48. The van der Waals surface area contributed by atoms with E-state index in [1.54, 1.807) is 0 Å². The summed E-state index contributed by atoms with van der Waals surface area (Å²) in [5.74, 6) is 0.410. The van der Waals surface area contributed by atoms with Crippen molar-refractivity contribution in [2.24, 2.45) is 5.92 Å². The fourth-order valence-corrected chi connectivity index (χ4v) is 3.57. The first-order chi connectivity index (χ1) is 8.38. The van der Waals surface area contributed by atoms with Crippen LogP contribution in [0.3, 0.4) is 0 Å². The van der Waals surface area contributed by atoms with Crippen molar-refractivity contribution in [1.29, 1.82) is 0 Å². The van der Waals surface area contributed by atoms with E-state index in [0.29, 0.717) is 12.5 Å². The molecule has 1 nitrogen and oxygen atoms in total. The predicted molar refractivity (Wildman–Crippen MR) is 67.9 cm³/mol. The van der Waals surface area contributed by atoms with E-state index in [2.05, 4.69) is 48.5 Å². The minimum absolute atomic E-state index is 0.127. The molecule has 1 saturated carbocycles. The summed E-state index contributed by atoms with van der Waals surface area (Å²) in [5, 5.41) is 9.48. The lowest BCUT2D eigenvalue weighted by molar-refractivity contribution is 0.268. The zero-order valence-electron chi connectivity index (χ0n) is 9.56. The maximum Gasteiger partial charge on any atom is 0.0471 e. The predicted octanol–water partition coefficient (Wildman–Crippen LogP) is 2.97. The molecule has 0 aromatic heterocycles. The zero-order chi connectivity index (χ0) is 11.5. The quantitative estimate of drug-likeness (QED) is 0.786. The van der Waals surface area contributed by atoms with Gasteiger partial charge in [0.2, 0.25) is 0 Å². The smallest absolute Gasteiger partial charge is 0.0471 e. The summed E-state index contributed by atoms with van der Waals surface area (Å²) >= 11 is 0. The Balaban J connectivity index is 2.05. The number of benzene rings is 2. The molecule has 0 heterocycles. The van der Waals surface area contributed by atoms with Crippen molar-refractivity contribution in [2.75, 3.05) is 6.61 Å². The highest BCUT2D eigenvalue weighted by Gasteiger charge is 2.60. The van der Waals surface area contributed by atoms with E-state index in [1.165, 1.54) is 22.3 Å². The molecule has 1 N–H and O–H groups in total. The van der Waals surface area contributed by atoms with Gasteiger partial charge in [-0.25, -0.2) is 0 Å². The minimum atomic E-state index is 0.127. The van der Waals surface area contributed by atoms with E-state index >= 15 is 0 Å².